The average Bonchev–Trinajstić information content (AvgIpc) is 2.53. The molecule has 5 nitrogen and oxygen atoms in total. The molecule has 0 aliphatic carbocycles. The van der Waals surface area contributed by atoms with Gasteiger partial charge >= 0.3 is 0 Å². The number of carbonyl (C=O) groups excluding carboxylic acids is 1. The Morgan fingerprint density at radius 2 is 2.19 bits per heavy atom. The Kier molecular flexibility index (Phi) is 6.02. The van der Waals surface area contributed by atoms with Crippen LogP contribution in [0.3, 0.4) is 0 Å². The van der Waals surface area contributed by atoms with Crippen LogP contribution in [0.5, 0.6) is 0 Å². The van der Waals surface area contributed by atoms with Crippen molar-refractivity contribution in [3.05, 3.63) is 29.8 Å². The van der Waals surface area contributed by atoms with Gasteiger partial charge in [-0.3, -0.25) is 9.69 Å². The molecule has 1 saturated heterocycles. The third-order valence-electron chi connectivity index (χ3n) is 3.70. The van der Waals surface area contributed by atoms with Gasteiger partial charge in [-0.05, 0) is 25.6 Å². The van der Waals surface area contributed by atoms with E-state index in [4.69, 9.17) is 4.74 Å². The normalized spacial score (nSPS) is 19.2. The maximum atomic E-state index is 12.3. The van der Waals surface area contributed by atoms with Gasteiger partial charge in [0.25, 0.3) is 5.91 Å². The van der Waals surface area contributed by atoms with Crippen molar-refractivity contribution in [2.24, 2.45) is 0 Å². The van der Waals surface area contributed by atoms with Crippen LogP contribution in [0, 0.1) is 0 Å². The number of likely N-dealkylation sites (N-methyl/N-ethyl adjacent to an activating group) is 1. The molecular formula is C16H25N3O2. The number of hydrogen-bond acceptors (Lipinski definition) is 4. The molecule has 1 unspecified atom stereocenters. The smallest absolute Gasteiger partial charge is 0.253 e. The number of hydrogen-bond donors (Lipinski definition) is 2. The van der Waals surface area contributed by atoms with Crippen molar-refractivity contribution in [3.8, 4) is 0 Å². The molecule has 0 aromatic heterocycles. The van der Waals surface area contributed by atoms with Gasteiger partial charge in [0.05, 0.1) is 18.3 Å². The first-order chi connectivity index (χ1) is 10.2. The lowest BCUT2D eigenvalue weighted by Crippen LogP contribution is -2.47. The van der Waals surface area contributed by atoms with Gasteiger partial charge in [-0.25, -0.2) is 0 Å². The highest BCUT2D eigenvalue weighted by molar-refractivity contribution is 5.99. The SMILES string of the molecule is CCNc1ccccc1C(=O)NCC1CN(CC)CCO1. The lowest BCUT2D eigenvalue weighted by atomic mass is 10.1. The summed E-state index contributed by atoms with van der Waals surface area (Å²) in [6, 6.07) is 7.57. The van der Waals surface area contributed by atoms with Crippen molar-refractivity contribution >= 4 is 11.6 Å². The van der Waals surface area contributed by atoms with Crippen molar-refractivity contribution < 1.29 is 9.53 Å². The zero-order chi connectivity index (χ0) is 15.1. The quantitative estimate of drug-likeness (QED) is 0.835. The monoisotopic (exact) mass is 291 g/mol. The molecule has 5 heteroatoms. The Morgan fingerprint density at radius 3 is 2.95 bits per heavy atom. The van der Waals surface area contributed by atoms with Crippen LogP contribution < -0.4 is 10.6 Å². The van der Waals surface area contributed by atoms with Crippen molar-refractivity contribution in [3.63, 3.8) is 0 Å². The number of nitrogens with one attached hydrogen (secondary N) is 2. The maximum Gasteiger partial charge on any atom is 0.253 e. The fourth-order valence-electron chi connectivity index (χ4n) is 2.52. The predicted octanol–water partition coefficient (Wildman–Crippen LogP) is 1.57. The molecule has 1 aromatic carbocycles. The van der Waals surface area contributed by atoms with Crippen molar-refractivity contribution in [1.29, 1.82) is 0 Å². The maximum absolute atomic E-state index is 12.3. The fraction of sp³-hybridized carbons (Fsp3) is 0.562. The van der Waals surface area contributed by atoms with Crippen LogP contribution in [0.1, 0.15) is 24.2 Å². The van der Waals surface area contributed by atoms with Gasteiger partial charge in [0.15, 0.2) is 0 Å². The molecule has 0 spiro atoms. The van der Waals surface area contributed by atoms with E-state index < -0.39 is 0 Å². The average molecular weight is 291 g/mol. The molecule has 1 aliphatic rings. The topological polar surface area (TPSA) is 53.6 Å². The number of amides is 1. The standard InChI is InChI=1S/C16H25N3O2/c1-3-17-15-8-6-5-7-14(15)16(20)18-11-13-12-19(4-2)9-10-21-13/h5-8,13,17H,3-4,9-12H2,1-2H3,(H,18,20). The summed E-state index contributed by atoms with van der Waals surface area (Å²) in [7, 11) is 0. The predicted molar refractivity (Wildman–Crippen MR) is 84.8 cm³/mol. The largest absolute Gasteiger partial charge is 0.385 e. The summed E-state index contributed by atoms with van der Waals surface area (Å²) in [5, 5.41) is 6.19. The highest BCUT2D eigenvalue weighted by Gasteiger charge is 2.20. The molecule has 1 heterocycles. The van der Waals surface area contributed by atoms with Crippen LogP contribution in [-0.2, 0) is 4.74 Å². The number of para-hydroxylation sites is 1. The minimum Gasteiger partial charge on any atom is -0.385 e. The van der Waals surface area contributed by atoms with E-state index in [0.29, 0.717) is 12.1 Å². The van der Waals surface area contributed by atoms with Crippen LogP contribution in [0.15, 0.2) is 24.3 Å². The van der Waals surface area contributed by atoms with Crippen LogP contribution >= 0.6 is 0 Å². The third kappa shape index (κ3) is 4.44. The molecule has 1 atom stereocenters. The number of rotatable bonds is 6. The fourth-order valence-corrected chi connectivity index (χ4v) is 2.52. The van der Waals surface area contributed by atoms with Gasteiger partial charge in [-0.15, -0.1) is 0 Å². The highest BCUT2D eigenvalue weighted by atomic mass is 16.5. The van der Waals surface area contributed by atoms with Crippen LogP contribution in [0.4, 0.5) is 5.69 Å². The summed E-state index contributed by atoms with van der Waals surface area (Å²) in [5.74, 6) is -0.0521. The second-order valence-electron chi connectivity index (χ2n) is 5.17. The summed E-state index contributed by atoms with van der Waals surface area (Å²) in [4.78, 5) is 14.7. The van der Waals surface area contributed by atoms with E-state index in [-0.39, 0.29) is 12.0 Å². The Hall–Kier alpha value is -1.59. The number of anilines is 1. The zero-order valence-corrected chi connectivity index (χ0v) is 12.9. The lowest BCUT2D eigenvalue weighted by molar-refractivity contribution is -0.0246. The second kappa shape index (κ2) is 8.00. The van der Waals surface area contributed by atoms with Gasteiger partial charge in [0.2, 0.25) is 0 Å². The van der Waals surface area contributed by atoms with Gasteiger partial charge in [-0.2, -0.15) is 0 Å². The minimum atomic E-state index is -0.0521. The molecule has 116 valence electrons. The van der Waals surface area contributed by atoms with E-state index in [2.05, 4.69) is 22.5 Å². The summed E-state index contributed by atoms with van der Waals surface area (Å²) < 4.78 is 5.70. The van der Waals surface area contributed by atoms with Crippen molar-refractivity contribution in [2.75, 3.05) is 44.6 Å². The Balaban J connectivity index is 1.90. The molecule has 2 rings (SSSR count). The molecule has 1 aliphatic heterocycles. The second-order valence-corrected chi connectivity index (χ2v) is 5.17. The van der Waals surface area contributed by atoms with Gasteiger partial charge in [0, 0.05) is 31.9 Å². The first-order valence-corrected chi connectivity index (χ1v) is 7.69. The molecule has 1 amide bonds. The Morgan fingerprint density at radius 1 is 1.38 bits per heavy atom. The molecule has 21 heavy (non-hydrogen) atoms. The molecule has 0 radical (unpaired) electrons. The first-order valence-electron chi connectivity index (χ1n) is 7.69. The number of ether oxygens (including phenoxy) is 1. The summed E-state index contributed by atoms with van der Waals surface area (Å²) >= 11 is 0. The van der Waals surface area contributed by atoms with Gasteiger partial charge < -0.3 is 15.4 Å². The summed E-state index contributed by atoms with van der Waals surface area (Å²) in [6.45, 7) is 9.13. The third-order valence-corrected chi connectivity index (χ3v) is 3.70. The molecule has 2 N–H and O–H groups in total. The molecule has 0 saturated carbocycles. The van der Waals surface area contributed by atoms with Crippen LogP contribution in [0.2, 0.25) is 0 Å². The van der Waals surface area contributed by atoms with E-state index in [1.54, 1.807) is 0 Å². The lowest BCUT2D eigenvalue weighted by Gasteiger charge is -2.32. The van der Waals surface area contributed by atoms with Gasteiger partial charge in [0.1, 0.15) is 0 Å². The molecular weight excluding hydrogens is 266 g/mol. The summed E-state index contributed by atoms with van der Waals surface area (Å²) in [6.07, 6.45) is 0.0777. The van der Waals surface area contributed by atoms with Gasteiger partial charge in [-0.1, -0.05) is 19.1 Å². The Labute approximate surface area is 126 Å². The molecule has 1 fully saturated rings. The number of benzene rings is 1. The van der Waals surface area contributed by atoms with E-state index in [0.717, 1.165) is 38.5 Å². The van der Waals surface area contributed by atoms with Crippen LogP contribution in [0.25, 0.3) is 0 Å². The minimum absolute atomic E-state index is 0.0521. The Bertz CT molecular complexity index is 465. The molecule has 1 aromatic rings. The van der Waals surface area contributed by atoms with Crippen LogP contribution in [-0.4, -0.2) is 56.2 Å². The van der Waals surface area contributed by atoms with E-state index in [9.17, 15) is 4.79 Å². The van der Waals surface area contributed by atoms with E-state index >= 15 is 0 Å². The number of morpholine rings is 1. The molecule has 0 bridgehead atoms. The number of carbonyl (C=O) groups is 1. The van der Waals surface area contributed by atoms with Crippen molar-refractivity contribution in [2.45, 2.75) is 20.0 Å². The zero-order valence-electron chi connectivity index (χ0n) is 12.9. The number of nitrogens with zero attached hydrogens (tertiary/aromatic N) is 1. The van der Waals surface area contributed by atoms with E-state index in [1.807, 2.05) is 31.2 Å². The van der Waals surface area contributed by atoms with E-state index in [1.165, 1.54) is 0 Å². The first kappa shape index (κ1) is 15.8. The summed E-state index contributed by atoms with van der Waals surface area (Å²) in [5.41, 5.74) is 1.56. The highest BCUT2D eigenvalue weighted by Crippen LogP contribution is 2.14. The van der Waals surface area contributed by atoms with Crippen molar-refractivity contribution in [1.82, 2.24) is 10.2 Å².